The van der Waals surface area contributed by atoms with Crippen LogP contribution in [-0.2, 0) is 11.2 Å². The molecule has 1 N–H and O–H groups in total. The number of ether oxygens (including phenoxy) is 1. The summed E-state index contributed by atoms with van der Waals surface area (Å²) in [4.78, 5) is 28.5. The van der Waals surface area contributed by atoms with Gasteiger partial charge in [-0.3, -0.25) is 9.78 Å². The molecule has 1 aliphatic rings. The molecule has 2 aromatic heterocycles. The van der Waals surface area contributed by atoms with Crippen LogP contribution in [-0.4, -0.2) is 45.7 Å². The highest BCUT2D eigenvalue weighted by Gasteiger charge is 2.21. The Kier molecular flexibility index (Phi) is 4.20. The van der Waals surface area contributed by atoms with Crippen LogP contribution in [0.1, 0.15) is 12.1 Å². The fraction of sp³-hybridized carbons (Fsp3) is 0.429. The molecule has 0 saturated carbocycles. The van der Waals surface area contributed by atoms with Gasteiger partial charge in [0.25, 0.3) is 5.56 Å². The van der Waals surface area contributed by atoms with Crippen molar-refractivity contribution in [2.75, 3.05) is 24.6 Å². The molecule has 0 amide bonds. The zero-order valence-corrected chi connectivity index (χ0v) is 11.6. The fourth-order valence-corrected chi connectivity index (χ4v) is 2.41. The van der Waals surface area contributed by atoms with Gasteiger partial charge in [-0.2, -0.15) is 0 Å². The predicted octanol–water partition coefficient (Wildman–Crippen LogP) is 0.398. The lowest BCUT2D eigenvalue weighted by Gasteiger charge is -2.33. The minimum atomic E-state index is -0.120. The third-order valence-corrected chi connectivity index (χ3v) is 3.47. The van der Waals surface area contributed by atoms with Gasteiger partial charge in [0.2, 0.25) is 0 Å². The molecule has 1 saturated heterocycles. The van der Waals surface area contributed by atoms with Crippen LogP contribution < -0.4 is 10.5 Å². The number of hydrogen-bond donors (Lipinski definition) is 1. The Morgan fingerprint density at radius 3 is 3.14 bits per heavy atom. The molecule has 1 fully saturated rings. The lowest BCUT2D eigenvalue weighted by atomic mass is 10.1. The van der Waals surface area contributed by atoms with E-state index in [1.54, 1.807) is 18.6 Å². The molecule has 7 heteroatoms. The maximum atomic E-state index is 11.2. The first kappa shape index (κ1) is 13.7. The summed E-state index contributed by atoms with van der Waals surface area (Å²) in [5.41, 5.74) is 0.671. The van der Waals surface area contributed by atoms with E-state index in [9.17, 15) is 4.79 Å². The Morgan fingerprint density at radius 1 is 1.38 bits per heavy atom. The van der Waals surface area contributed by atoms with E-state index in [0.717, 1.165) is 37.4 Å². The number of aryl methyl sites for hydroxylation is 1. The highest BCUT2D eigenvalue weighted by molar-refractivity contribution is 5.35. The number of morpholine rings is 1. The highest BCUT2D eigenvalue weighted by Crippen LogP contribution is 2.16. The molecule has 2 aromatic rings. The Balaban J connectivity index is 1.58. The van der Waals surface area contributed by atoms with Crippen LogP contribution in [0.4, 0.5) is 5.82 Å². The highest BCUT2D eigenvalue weighted by atomic mass is 16.5. The van der Waals surface area contributed by atoms with Gasteiger partial charge in [0.1, 0.15) is 5.82 Å². The molecule has 1 atom stereocenters. The van der Waals surface area contributed by atoms with Crippen molar-refractivity contribution in [1.29, 1.82) is 0 Å². The largest absolute Gasteiger partial charge is 0.375 e. The summed E-state index contributed by atoms with van der Waals surface area (Å²) in [7, 11) is 0. The molecule has 0 radical (unpaired) electrons. The van der Waals surface area contributed by atoms with Gasteiger partial charge in [0, 0.05) is 37.2 Å². The van der Waals surface area contributed by atoms with Crippen molar-refractivity contribution >= 4 is 5.82 Å². The summed E-state index contributed by atoms with van der Waals surface area (Å²) in [6.07, 6.45) is 8.23. The molecule has 1 aliphatic heterocycles. The second kappa shape index (κ2) is 6.45. The van der Waals surface area contributed by atoms with Crippen LogP contribution >= 0.6 is 0 Å². The van der Waals surface area contributed by atoms with E-state index in [4.69, 9.17) is 4.74 Å². The molecule has 110 valence electrons. The van der Waals surface area contributed by atoms with Crippen molar-refractivity contribution in [3.05, 3.63) is 47.0 Å². The van der Waals surface area contributed by atoms with Gasteiger partial charge in [-0.05, 0) is 12.8 Å². The van der Waals surface area contributed by atoms with Gasteiger partial charge in [0.15, 0.2) is 0 Å². The van der Waals surface area contributed by atoms with E-state index >= 15 is 0 Å². The van der Waals surface area contributed by atoms with Crippen LogP contribution in [0.3, 0.4) is 0 Å². The molecular weight excluding hydrogens is 270 g/mol. The van der Waals surface area contributed by atoms with Gasteiger partial charge in [-0.25, -0.2) is 9.97 Å². The Hall–Kier alpha value is -2.28. The topological polar surface area (TPSA) is 84.0 Å². The van der Waals surface area contributed by atoms with Gasteiger partial charge in [-0.1, -0.05) is 0 Å². The second-order valence-electron chi connectivity index (χ2n) is 4.94. The minimum Gasteiger partial charge on any atom is -0.375 e. The van der Waals surface area contributed by atoms with Crippen molar-refractivity contribution in [2.24, 2.45) is 0 Å². The first-order valence-corrected chi connectivity index (χ1v) is 6.97. The lowest BCUT2D eigenvalue weighted by molar-refractivity contribution is 0.0350. The van der Waals surface area contributed by atoms with Crippen molar-refractivity contribution in [3.63, 3.8) is 0 Å². The molecule has 0 unspecified atom stereocenters. The molecule has 0 spiro atoms. The summed E-state index contributed by atoms with van der Waals surface area (Å²) in [6, 6.07) is 1.53. The molecule has 7 nitrogen and oxygen atoms in total. The van der Waals surface area contributed by atoms with Crippen LogP contribution in [0.5, 0.6) is 0 Å². The maximum Gasteiger partial charge on any atom is 0.250 e. The van der Waals surface area contributed by atoms with Gasteiger partial charge in [0.05, 0.1) is 25.2 Å². The number of anilines is 1. The van der Waals surface area contributed by atoms with E-state index in [1.807, 2.05) is 0 Å². The van der Waals surface area contributed by atoms with Crippen LogP contribution in [0.2, 0.25) is 0 Å². The van der Waals surface area contributed by atoms with Crippen molar-refractivity contribution in [3.8, 4) is 0 Å². The summed E-state index contributed by atoms with van der Waals surface area (Å²) < 4.78 is 5.78. The van der Waals surface area contributed by atoms with Crippen molar-refractivity contribution in [2.45, 2.75) is 18.9 Å². The molecular formula is C14H17N5O2. The minimum absolute atomic E-state index is 0.113. The monoisotopic (exact) mass is 287 g/mol. The lowest BCUT2D eigenvalue weighted by Crippen LogP contribution is -2.43. The van der Waals surface area contributed by atoms with E-state index in [2.05, 4.69) is 24.8 Å². The van der Waals surface area contributed by atoms with Crippen molar-refractivity contribution < 1.29 is 4.74 Å². The summed E-state index contributed by atoms with van der Waals surface area (Å²) in [5.74, 6) is 0.875. The van der Waals surface area contributed by atoms with E-state index < -0.39 is 0 Å². The van der Waals surface area contributed by atoms with Crippen molar-refractivity contribution in [1.82, 2.24) is 19.9 Å². The zero-order chi connectivity index (χ0) is 14.5. The Morgan fingerprint density at radius 2 is 2.33 bits per heavy atom. The fourth-order valence-electron chi connectivity index (χ4n) is 2.41. The molecule has 0 bridgehead atoms. The van der Waals surface area contributed by atoms with Crippen LogP contribution in [0.25, 0.3) is 0 Å². The second-order valence-corrected chi connectivity index (χ2v) is 4.94. The maximum absolute atomic E-state index is 11.2. The first-order valence-electron chi connectivity index (χ1n) is 6.97. The van der Waals surface area contributed by atoms with Gasteiger partial charge < -0.3 is 14.6 Å². The Labute approximate surface area is 122 Å². The van der Waals surface area contributed by atoms with E-state index in [0.29, 0.717) is 6.61 Å². The molecule has 21 heavy (non-hydrogen) atoms. The first-order chi connectivity index (χ1) is 10.3. The SMILES string of the molecule is O=c1cc(CC[C@H]2CN(c3cnccn3)CCO2)nc[nH]1. The summed E-state index contributed by atoms with van der Waals surface area (Å²) >= 11 is 0. The van der Waals surface area contributed by atoms with Crippen LogP contribution in [0.15, 0.2) is 35.8 Å². The average molecular weight is 287 g/mol. The van der Waals surface area contributed by atoms with E-state index in [1.165, 1.54) is 12.4 Å². The average Bonchev–Trinajstić information content (AvgIpc) is 2.54. The third kappa shape index (κ3) is 3.63. The quantitative estimate of drug-likeness (QED) is 0.876. The van der Waals surface area contributed by atoms with E-state index in [-0.39, 0.29) is 11.7 Å². The number of H-pyrrole nitrogens is 1. The van der Waals surface area contributed by atoms with Crippen LogP contribution in [0, 0.1) is 0 Å². The third-order valence-electron chi connectivity index (χ3n) is 3.47. The van der Waals surface area contributed by atoms with Gasteiger partial charge >= 0.3 is 0 Å². The Bertz CT molecular complexity index is 631. The molecule has 3 heterocycles. The molecule has 0 aliphatic carbocycles. The normalized spacial score (nSPS) is 18.7. The van der Waals surface area contributed by atoms with Gasteiger partial charge in [-0.15, -0.1) is 0 Å². The number of nitrogens with one attached hydrogen (secondary N) is 1. The number of rotatable bonds is 4. The zero-order valence-electron chi connectivity index (χ0n) is 11.6. The summed E-state index contributed by atoms with van der Waals surface area (Å²) in [5, 5.41) is 0. The smallest absolute Gasteiger partial charge is 0.250 e. The summed E-state index contributed by atoms with van der Waals surface area (Å²) in [6.45, 7) is 2.27. The number of aromatic amines is 1. The molecule has 3 rings (SSSR count). The number of aromatic nitrogens is 4. The number of nitrogens with zero attached hydrogens (tertiary/aromatic N) is 4. The predicted molar refractivity (Wildman–Crippen MR) is 77.2 cm³/mol. The standard InChI is InChI=1S/C14H17N5O2/c20-14-7-11(17-10-18-14)1-2-12-9-19(5-6-21-12)13-8-15-3-4-16-13/h3-4,7-8,10,12H,1-2,5-6,9H2,(H,17,18,20)/t12-/m0/s1. The number of hydrogen-bond acceptors (Lipinski definition) is 6. The molecule has 0 aromatic carbocycles.